The first kappa shape index (κ1) is 13.0. The summed E-state index contributed by atoms with van der Waals surface area (Å²) >= 11 is 3.15. The normalized spacial score (nSPS) is 10.2. The topological polar surface area (TPSA) is 48.3 Å². The lowest BCUT2D eigenvalue weighted by molar-refractivity contribution is -0.144. The Morgan fingerprint density at radius 2 is 2.25 bits per heavy atom. The summed E-state index contributed by atoms with van der Waals surface area (Å²) < 4.78 is 6.71. The summed E-state index contributed by atoms with van der Waals surface area (Å²) in [4.78, 5) is 23.0. The molecule has 0 N–H and O–H groups in total. The van der Waals surface area contributed by atoms with Gasteiger partial charge in [0.05, 0.1) is 11.1 Å². The van der Waals surface area contributed by atoms with Gasteiger partial charge in [0.1, 0.15) is 6.54 Å². The van der Waals surface area contributed by atoms with E-state index < -0.39 is 0 Å². The van der Waals surface area contributed by atoms with Gasteiger partial charge in [0.15, 0.2) is 0 Å². The Hall–Kier alpha value is -1.10. The molecule has 0 unspecified atom stereocenters. The van der Waals surface area contributed by atoms with Crippen LogP contribution in [0, 0.1) is 6.92 Å². The monoisotopic (exact) mass is 287 g/mol. The maximum absolute atomic E-state index is 11.6. The zero-order valence-corrected chi connectivity index (χ0v) is 10.9. The molecule has 0 aromatic carbocycles. The van der Waals surface area contributed by atoms with Gasteiger partial charge in [0.25, 0.3) is 5.56 Å². The summed E-state index contributed by atoms with van der Waals surface area (Å²) in [5, 5.41) is 0. The summed E-state index contributed by atoms with van der Waals surface area (Å²) in [6.45, 7) is 4.13. The molecule has 1 aromatic rings. The molecular weight excluding hydrogens is 274 g/mol. The van der Waals surface area contributed by atoms with Crippen LogP contribution in [-0.2, 0) is 16.1 Å². The lowest BCUT2D eigenvalue weighted by Gasteiger charge is -2.07. The number of esters is 1. The molecule has 88 valence electrons. The molecule has 0 atom stereocenters. The van der Waals surface area contributed by atoms with Crippen molar-refractivity contribution >= 4 is 21.9 Å². The van der Waals surface area contributed by atoms with Gasteiger partial charge in [-0.05, 0) is 40.9 Å². The predicted octanol–water partition coefficient (Wildman–Crippen LogP) is 1.87. The van der Waals surface area contributed by atoms with Crippen LogP contribution in [-0.4, -0.2) is 17.1 Å². The Labute approximate surface area is 102 Å². The van der Waals surface area contributed by atoms with Crippen LogP contribution in [0.15, 0.2) is 21.5 Å². The lowest BCUT2D eigenvalue weighted by atomic mass is 10.3. The third-order valence-corrected chi connectivity index (χ3v) is 2.51. The number of rotatable bonds is 4. The van der Waals surface area contributed by atoms with E-state index in [0.29, 0.717) is 11.1 Å². The van der Waals surface area contributed by atoms with Crippen molar-refractivity contribution in [2.24, 2.45) is 0 Å². The first-order valence-electron chi connectivity index (χ1n) is 5.06. The maximum Gasteiger partial charge on any atom is 0.326 e. The molecule has 0 radical (unpaired) electrons. The molecule has 0 aliphatic carbocycles. The molecule has 5 heteroatoms. The van der Waals surface area contributed by atoms with Crippen molar-refractivity contribution in [3.8, 4) is 0 Å². The van der Waals surface area contributed by atoms with Crippen molar-refractivity contribution in [3.05, 3.63) is 32.7 Å². The highest BCUT2D eigenvalue weighted by atomic mass is 79.9. The number of aromatic nitrogens is 1. The second-order valence-corrected chi connectivity index (χ2v) is 4.37. The molecule has 0 aliphatic heterocycles. The Morgan fingerprint density at radius 3 is 2.88 bits per heavy atom. The van der Waals surface area contributed by atoms with Crippen LogP contribution in [0.4, 0.5) is 0 Å². The highest BCUT2D eigenvalue weighted by Crippen LogP contribution is 2.05. The fraction of sp³-hybridized carbons (Fsp3) is 0.455. The number of nitrogens with zero attached hydrogens (tertiary/aromatic N) is 1. The van der Waals surface area contributed by atoms with Gasteiger partial charge in [-0.15, -0.1) is 0 Å². The van der Waals surface area contributed by atoms with Gasteiger partial charge in [-0.1, -0.05) is 6.92 Å². The van der Waals surface area contributed by atoms with Gasteiger partial charge < -0.3 is 9.30 Å². The SMILES string of the molecule is CCCOC(=O)Cn1cc(C)cc(Br)c1=O. The van der Waals surface area contributed by atoms with Crippen LogP contribution in [0.25, 0.3) is 0 Å². The molecule has 1 heterocycles. The van der Waals surface area contributed by atoms with E-state index in [0.717, 1.165) is 12.0 Å². The fourth-order valence-electron chi connectivity index (χ4n) is 1.26. The summed E-state index contributed by atoms with van der Waals surface area (Å²) in [6.07, 6.45) is 2.42. The molecule has 1 rings (SSSR count). The molecule has 16 heavy (non-hydrogen) atoms. The van der Waals surface area contributed by atoms with Gasteiger partial charge in [-0.2, -0.15) is 0 Å². The Balaban J connectivity index is 2.81. The second-order valence-electron chi connectivity index (χ2n) is 3.52. The van der Waals surface area contributed by atoms with Crippen molar-refractivity contribution in [1.82, 2.24) is 4.57 Å². The Morgan fingerprint density at radius 1 is 1.56 bits per heavy atom. The predicted molar refractivity (Wildman–Crippen MR) is 64.4 cm³/mol. The van der Waals surface area contributed by atoms with Crippen molar-refractivity contribution in [3.63, 3.8) is 0 Å². The highest BCUT2D eigenvalue weighted by molar-refractivity contribution is 9.10. The third kappa shape index (κ3) is 3.48. The zero-order chi connectivity index (χ0) is 12.1. The van der Waals surface area contributed by atoms with Crippen LogP contribution < -0.4 is 5.56 Å². The van der Waals surface area contributed by atoms with E-state index in [1.807, 2.05) is 13.8 Å². The number of ether oxygens (including phenoxy) is 1. The van der Waals surface area contributed by atoms with E-state index in [2.05, 4.69) is 15.9 Å². The van der Waals surface area contributed by atoms with Gasteiger partial charge in [0, 0.05) is 6.20 Å². The fourth-order valence-corrected chi connectivity index (χ4v) is 1.85. The summed E-state index contributed by atoms with van der Waals surface area (Å²) in [6, 6.07) is 1.72. The zero-order valence-electron chi connectivity index (χ0n) is 9.33. The molecule has 0 aliphatic rings. The minimum Gasteiger partial charge on any atom is -0.464 e. The summed E-state index contributed by atoms with van der Waals surface area (Å²) in [5.41, 5.74) is 0.689. The third-order valence-electron chi connectivity index (χ3n) is 1.95. The number of hydrogen-bond donors (Lipinski definition) is 0. The van der Waals surface area contributed by atoms with Gasteiger partial charge in [-0.3, -0.25) is 9.59 Å². The van der Waals surface area contributed by atoms with E-state index in [9.17, 15) is 9.59 Å². The van der Waals surface area contributed by atoms with Gasteiger partial charge >= 0.3 is 5.97 Å². The first-order valence-corrected chi connectivity index (χ1v) is 5.86. The Kier molecular flexibility index (Phi) is 4.73. The molecular formula is C11H14BrNO3. The average molecular weight is 288 g/mol. The number of aryl methyl sites for hydroxylation is 1. The number of hydrogen-bond acceptors (Lipinski definition) is 3. The molecule has 0 spiro atoms. The number of carbonyl (C=O) groups excluding carboxylic acids is 1. The van der Waals surface area contributed by atoms with Crippen molar-refractivity contribution in [2.75, 3.05) is 6.61 Å². The molecule has 0 saturated carbocycles. The van der Waals surface area contributed by atoms with Crippen molar-refractivity contribution in [2.45, 2.75) is 26.8 Å². The molecule has 4 nitrogen and oxygen atoms in total. The van der Waals surface area contributed by atoms with E-state index in [-0.39, 0.29) is 18.1 Å². The van der Waals surface area contributed by atoms with E-state index in [4.69, 9.17) is 4.74 Å². The molecule has 0 saturated heterocycles. The van der Waals surface area contributed by atoms with Crippen LogP contribution in [0.3, 0.4) is 0 Å². The number of carbonyl (C=O) groups is 1. The largest absolute Gasteiger partial charge is 0.464 e. The highest BCUT2D eigenvalue weighted by Gasteiger charge is 2.07. The second kappa shape index (κ2) is 5.84. The summed E-state index contributed by atoms with van der Waals surface area (Å²) in [7, 11) is 0. The van der Waals surface area contributed by atoms with Crippen LogP contribution >= 0.6 is 15.9 Å². The minimum absolute atomic E-state index is 0.0425. The van der Waals surface area contributed by atoms with Gasteiger partial charge in [0.2, 0.25) is 0 Å². The molecule has 0 bridgehead atoms. The van der Waals surface area contributed by atoms with E-state index in [1.54, 1.807) is 12.3 Å². The number of halogens is 1. The Bertz CT molecular complexity index is 439. The number of pyridine rings is 1. The first-order chi connectivity index (χ1) is 7.54. The van der Waals surface area contributed by atoms with Crippen LogP contribution in [0.5, 0.6) is 0 Å². The molecule has 0 amide bonds. The van der Waals surface area contributed by atoms with Crippen molar-refractivity contribution < 1.29 is 9.53 Å². The van der Waals surface area contributed by atoms with Crippen LogP contribution in [0.2, 0.25) is 0 Å². The van der Waals surface area contributed by atoms with E-state index in [1.165, 1.54) is 4.57 Å². The van der Waals surface area contributed by atoms with Gasteiger partial charge in [-0.25, -0.2) is 0 Å². The van der Waals surface area contributed by atoms with E-state index >= 15 is 0 Å². The minimum atomic E-state index is -0.388. The molecule has 0 fully saturated rings. The standard InChI is InChI=1S/C11H14BrNO3/c1-3-4-16-10(14)7-13-6-8(2)5-9(12)11(13)15/h5-6H,3-4,7H2,1-2H3. The quantitative estimate of drug-likeness (QED) is 0.795. The maximum atomic E-state index is 11.6. The average Bonchev–Trinajstić information content (AvgIpc) is 2.22. The lowest BCUT2D eigenvalue weighted by Crippen LogP contribution is -2.25. The smallest absolute Gasteiger partial charge is 0.326 e. The molecule has 1 aromatic heterocycles. The van der Waals surface area contributed by atoms with Crippen LogP contribution in [0.1, 0.15) is 18.9 Å². The van der Waals surface area contributed by atoms with Crippen molar-refractivity contribution in [1.29, 1.82) is 0 Å². The summed E-state index contributed by atoms with van der Waals surface area (Å²) in [5.74, 6) is -0.388.